The summed E-state index contributed by atoms with van der Waals surface area (Å²) in [7, 11) is 1.64. The molecule has 2 aliphatic rings. The number of aryl methyl sites for hydroxylation is 1. The van der Waals surface area contributed by atoms with Crippen molar-refractivity contribution in [2.75, 3.05) is 33.3 Å². The minimum Gasteiger partial charge on any atom is -0.497 e. The van der Waals surface area contributed by atoms with Crippen LogP contribution in [0.25, 0.3) is 0 Å². The zero-order valence-corrected chi connectivity index (χ0v) is 18.2. The van der Waals surface area contributed by atoms with Gasteiger partial charge in [0, 0.05) is 43.7 Å². The van der Waals surface area contributed by atoms with Crippen molar-refractivity contribution in [3.8, 4) is 11.5 Å². The fraction of sp³-hybridized carbons (Fsp3) is 0.522. The van der Waals surface area contributed by atoms with E-state index in [1.807, 2.05) is 34.4 Å². The topological polar surface area (TPSA) is 42.0 Å². The third kappa shape index (κ3) is 4.75. The van der Waals surface area contributed by atoms with Gasteiger partial charge in [-0.15, -0.1) is 11.3 Å². The van der Waals surface area contributed by atoms with Crippen LogP contribution in [-0.4, -0.2) is 55.1 Å². The van der Waals surface area contributed by atoms with E-state index in [0.717, 1.165) is 64.2 Å². The minimum absolute atomic E-state index is 0.0748. The zero-order chi connectivity index (χ0) is 20.2. The Hall–Kier alpha value is -2.05. The van der Waals surface area contributed by atoms with Gasteiger partial charge in [-0.05, 0) is 61.7 Å². The summed E-state index contributed by atoms with van der Waals surface area (Å²) in [6.07, 6.45) is 4.24. The Morgan fingerprint density at radius 3 is 2.55 bits per heavy atom. The third-order valence-electron chi connectivity index (χ3n) is 5.98. The average Bonchev–Trinajstić information content (AvgIpc) is 3.41. The number of piperidine rings is 1. The van der Waals surface area contributed by atoms with Crippen LogP contribution in [0.1, 0.15) is 46.5 Å². The summed E-state index contributed by atoms with van der Waals surface area (Å²) < 4.78 is 11.7. The largest absolute Gasteiger partial charge is 0.497 e. The predicted molar refractivity (Wildman–Crippen MR) is 116 cm³/mol. The van der Waals surface area contributed by atoms with Crippen molar-refractivity contribution in [2.45, 2.75) is 45.3 Å². The Kier molecular flexibility index (Phi) is 6.40. The molecule has 0 unspecified atom stereocenters. The second-order valence-corrected chi connectivity index (χ2v) is 8.98. The quantitative estimate of drug-likeness (QED) is 0.705. The number of benzene rings is 1. The van der Waals surface area contributed by atoms with Crippen LogP contribution in [0.5, 0.6) is 11.5 Å². The van der Waals surface area contributed by atoms with Gasteiger partial charge in [-0.1, -0.05) is 0 Å². The fourth-order valence-corrected chi connectivity index (χ4v) is 5.08. The van der Waals surface area contributed by atoms with E-state index in [9.17, 15) is 4.79 Å². The standard InChI is InChI=1S/C23H30N2O3S/c1-17-9-14-29-22(17)16-24-12-7-18(8-13-24)28-21-15-19(27-2)5-6-20(21)23(26)25-10-3-4-11-25/h5-6,9,14-15,18H,3-4,7-8,10-13,16H2,1-2H3. The highest BCUT2D eigenvalue weighted by atomic mass is 32.1. The van der Waals surface area contributed by atoms with Gasteiger partial charge in [-0.2, -0.15) is 0 Å². The molecular weight excluding hydrogens is 384 g/mol. The molecule has 0 spiro atoms. The van der Waals surface area contributed by atoms with Crippen molar-refractivity contribution in [1.29, 1.82) is 0 Å². The SMILES string of the molecule is COc1ccc(C(=O)N2CCCC2)c(OC2CCN(Cc3sccc3C)CC2)c1. The molecule has 29 heavy (non-hydrogen) atoms. The molecule has 2 saturated heterocycles. The monoisotopic (exact) mass is 414 g/mol. The van der Waals surface area contributed by atoms with Crippen LogP contribution in [0.3, 0.4) is 0 Å². The van der Waals surface area contributed by atoms with Gasteiger partial charge in [0.15, 0.2) is 0 Å². The molecule has 0 saturated carbocycles. The molecule has 2 fully saturated rings. The van der Waals surface area contributed by atoms with Crippen molar-refractivity contribution < 1.29 is 14.3 Å². The Morgan fingerprint density at radius 1 is 1.14 bits per heavy atom. The van der Waals surface area contributed by atoms with Crippen molar-refractivity contribution in [2.24, 2.45) is 0 Å². The normalized spacial score (nSPS) is 18.2. The summed E-state index contributed by atoms with van der Waals surface area (Å²) in [6.45, 7) is 6.91. The molecule has 0 atom stereocenters. The lowest BCUT2D eigenvalue weighted by atomic mass is 10.1. The molecule has 156 valence electrons. The Bertz CT molecular complexity index is 836. The fourth-order valence-electron chi connectivity index (χ4n) is 4.13. The van der Waals surface area contributed by atoms with Gasteiger partial charge in [-0.3, -0.25) is 9.69 Å². The molecule has 2 aliphatic heterocycles. The number of ether oxygens (including phenoxy) is 2. The summed E-state index contributed by atoms with van der Waals surface area (Å²) in [6, 6.07) is 7.76. The first-order valence-electron chi connectivity index (χ1n) is 10.5. The van der Waals surface area contributed by atoms with E-state index < -0.39 is 0 Å². The van der Waals surface area contributed by atoms with E-state index >= 15 is 0 Å². The molecule has 6 heteroatoms. The van der Waals surface area contributed by atoms with Crippen LogP contribution in [0, 0.1) is 6.92 Å². The number of thiophene rings is 1. The summed E-state index contributed by atoms with van der Waals surface area (Å²) >= 11 is 1.84. The highest BCUT2D eigenvalue weighted by molar-refractivity contribution is 7.10. The van der Waals surface area contributed by atoms with Crippen molar-refractivity contribution in [3.63, 3.8) is 0 Å². The number of rotatable bonds is 6. The number of hydrogen-bond acceptors (Lipinski definition) is 5. The third-order valence-corrected chi connectivity index (χ3v) is 6.98. The van der Waals surface area contributed by atoms with Gasteiger partial charge < -0.3 is 14.4 Å². The van der Waals surface area contributed by atoms with Gasteiger partial charge >= 0.3 is 0 Å². The number of carbonyl (C=O) groups excluding carboxylic acids is 1. The van der Waals surface area contributed by atoms with Crippen LogP contribution < -0.4 is 9.47 Å². The number of nitrogens with zero attached hydrogens (tertiary/aromatic N) is 2. The second-order valence-electron chi connectivity index (χ2n) is 7.98. The lowest BCUT2D eigenvalue weighted by Crippen LogP contribution is -2.38. The molecule has 2 aromatic rings. The van der Waals surface area contributed by atoms with Crippen LogP contribution >= 0.6 is 11.3 Å². The summed E-state index contributed by atoms with van der Waals surface area (Å²) in [5, 5.41) is 2.17. The number of amides is 1. The van der Waals surface area contributed by atoms with Crippen LogP contribution in [0.15, 0.2) is 29.6 Å². The molecule has 3 heterocycles. The van der Waals surface area contributed by atoms with Crippen LogP contribution in [-0.2, 0) is 6.54 Å². The van der Waals surface area contributed by atoms with E-state index in [1.165, 1.54) is 10.4 Å². The van der Waals surface area contributed by atoms with E-state index in [-0.39, 0.29) is 12.0 Å². The minimum atomic E-state index is 0.0748. The number of carbonyl (C=O) groups is 1. The number of methoxy groups -OCH3 is 1. The van der Waals surface area contributed by atoms with Crippen LogP contribution in [0.2, 0.25) is 0 Å². The Labute approximate surface area is 177 Å². The maximum Gasteiger partial charge on any atom is 0.257 e. The van der Waals surface area contributed by atoms with Crippen LogP contribution in [0.4, 0.5) is 0 Å². The molecule has 1 amide bonds. The zero-order valence-electron chi connectivity index (χ0n) is 17.4. The molecule has 0 aliphatic carbocycles. The summed E-state index contributed by atoms with van der Waals surface area (Å²) in [5.74, 6) is 1.46. The van der Waals surface area contributed by atoms with E-state index in [4.69, 9.17) is 9.47 Å². The maximum absolute atomic E-state index is 13.0. The number of likely N-dealkylation sites (tertiary alicyclic amines) is 2. The van der Waals surface area contributed by atoms with Gasteiger partial charge in [0.25, 0.3) is 5.91 Å². The molecule has 1 aromatic carbocycles. The molecule has 0 N–H and O–H groups in total. The first kappa shape index (κ1) is 20.2. The lowest BCUT2D eigenvalue weighted by molar-refractivity contribution is 0.0765. The van der Waals surface area contributed by atoms with E-state index in [1.54, 1.807) is 7.11 Å². The maximum atomic E-state index is 13.0. The molecular formula is C23H30N2O3S. The van der Waals surface area contributed by atoms with Crippen molar-refractivity contribution in [1.82, 2.24) is 9.80 Å². The molecule has 5 nitrogen and oxygen atoms in total. The smallest absolute Gasteiger partial charge is 0.257 e. The van der Waals surface area contributed by atoms with Crippen molar-refractivity contribution >= 4 is 17.2 Å². The van der Waals surface area contributed by atoms with Gasteiger partial charge in [0.1, 0.15) is 17.6 Å². The molecule has 0 radical (unpaired) electrons. The lowest BCUT2D eigenvalue weighted by Gasteiger charge is -2.32. The first-order chi connectivity index (χ1) is 14.1. The highest BCUT2D eigenvalue weighted by Crippen LogP contribution is 2.30. The summed E-state index contributed by atoms with van der Waals surface area (Å²) in [4.78, 5) is 18.9. The Morgan fingerprint density at radius 2 is 1.90 bits per heavy atom. The van der Waals surface area contributed by atoms with Gasteiger partial charge in [0.2, 0.25) is 0 Å². The molecule has 4 rings (SSSR count). The Balaban J connectivity index is 1.41. The molecule has 0 bridgehead atoms. The van der Waals surface area contributed by atoms with Gasteiger partial charge in [0.05, 0.1) is 12.7 Å². The van der Waals surface area contributed by atoms with E-state index in [2.05, 4.69) is 23.3 Å². The van der Waals surface area contributed by atoms with E-state index in [0.29, 0.717) is 11.3 Å². The van der Waals surface area contributed by atoms with Crippen molar-refractivity contribution in [3.05, 3.63) is 45.6 Å². The number of hydrogen-bond donors (Lipinski definition) is 0. The predicted octanol–water partition coefficient (Wildman–Crippen LogP) is 4.34. The first-order valence-corrected chi connectivity index (χ1v) is 11.4. The summed E-state index contributed by atoms with van der Waals surface area (Å²) in [5.41, 5.74) is 2.04. The molecule has 1 aromatic heterocycles. The second kappa shape index (κ2) is 9.18. The average molecular weight is 415 g/mol. The van der Waals surface area contributed by atoms with Gasteiger partial charge in [-0.25, -0.2) is 0 Å². The highest BCUT2D eigenvalue weighted by Gasteiger charge is 2.26.